The van der Waals surface area contributed by atoms with E-state index in [0.29, 0.717) is 20.9 Å². The third kappa shape index (κ3) is 4.63. The van der Waals surface area contributed by atoms with E-state index in [1.807, 2.05) is 3.28 Å². The molecule has 0 nitrogen and oxygen atoms in total. The van der Waals surface area contributed by atoms with Crippen molar-refractivity contribution < 1.29 is 46.1 Å². The van der Waals surface area contributed by atoms with Crippen LogP contribution in [-0.2, 0) is 21.3 Å². The van der Waals surface area contributed by atoms with Gasteiger partial charge in [-0.2, -0.15) is 0 Å². The zero-order valence-electron chi connectivity index (χ0n) is 37.6. The van der Waals surface area contributed by atoms with Crippen LogP contribution in [0.3, 0.4) is 0 Å². The van der Waals surface area contributed by atoms with Crippen molar-refractivity contribution in [2.75, 3.05) is 0 Å². The molecule has 0 radical (unpaired) electrons. The van der Waals surface area contributed by atoms with Crippen molar-refractivity contribution in [2.24, 2.45) is 78.8 Å². The summed E-state index contributed by atoms with van der Waals surface area (Å²) < 4.78 is 4.23. The number of allylic oxidation sites excluding steroid dienone is 16. The van der Waals surface area contributed by atoms with Crippen LogP contribution in [0.15, 0.2) is 118 Å². The van der Waals surface area contributed by atoms with Crippen LogP contribution in [-0.4, -0.2) is 3.21 Å². The van der Waals surface area contributed by atoms with Gasteiger partial charge in [0.25, 0.3) is 0 Å². The zero-order valence-corrected chi connectivity index (χ0v) is 41.6. The zero-order chi connectivity index (χ0) is 39.6. The topological polar surface area (TPSA) is 0 Å². The largest absolute Gasteiger partial charge is 1.00 e. The van der Waals surface area contributed by atoms with Crippen molar-refractivity contribution in [2.45, 2.75) is 119 Å². The molecule has 6 saturated carbocycles. The molecule has 0 aromatic heterocycles. The molecule has 4 bridgehead atoms. The molecule has 6 fully saturated rings. The Labute approximate surface area is 373 Å². The predicted molar refractivity (Wildman–Crippen MR) is 235 cm³/mol. The summed E-state index contributed by atoms with van der Waals surface area (Å²) in [6.45, 7) is 32.0. The maximum absolute atomic E-state index is 2.95. The summed E-state index contributed by atoms with van der Waals surface area (Å²) in [6, 6.07) is 9.78. The van der Waals surface area contributed by atoms with E-state index < -0.39 is 21.3 Å². The van der Waals surface area contributed by atoms with Crippen LogP contribution in [0.4, 0.5) is 0 Å². The molecule has 0 saturated heterocycles. The number of aryl methyl sites for hydroxylation is 1. The van der Waals surface area contributed by atoms with Gasteiger partial charge in [0.2, 0.25) is 0 Å². The minimum Gasteiger partial charge on any atom is -1.00 e. The van der Waals surface area contributed by atoms with Gasteiger partial charge in [-0.25, -0.2) is 0 Å². The SMILES string of the molecule is CC1=CC=CC2[CH](/[Zr+2]([C]3=CC(C4(C)C5CC6CC(C5)CC4C6)=CC3C)=[C](\C)c3ccc(C)cc3)C3(C)C4(C)C=CC=CC4(C)C4(C)C=CC=CC4(C)C3(C)C12C.[Cl-].[Cl-]. The summed E-state index contributed by atoms with van der Waals surface area (Å²) in [7, 11) is 0. The molecule has 308 valence electrons. The Morgan fingerprint density at radius 1 is 0.655 bits per heavy atom. The van der Waals surface area contributed by atoms with Crippen molar-refractivity contribution in [3.63, 3.8) is 0 Å². The van der Waals surface area contributed by atoms with E-state index >= 15 is 0 Å². The molecule has 10 aliphatic carbocycles. The van der Waals surface area contributed by atoms with E-state index in [4.69, 9.17) is 0 Å². The number of fused-ring (bicyclic) bond motifs is 8. The van der Waals surface area contributed by atoms with Crippen LogP contribution in [0, 0.1) is 85.8 Å². The van der Waals surface area contributed by atoms with Gasteiger partial charge >= 0.3 is 351 Å². The fourth-order valence-corrected chi connectivity index (χ4v) is 29.1. The second-order valence-electron chi connectivity index (χ2n) is 22.5. The van der Waals surface area contributed by atoms with Gasteiger partial charge < -0.3 is 24.8 Å². The normalized spacial score (nSPS) is 49.8. The molecule has 1 aromatic rings. The van der Waals surface area contributed by atoms with Gasteiger partial charge in [-0.15, -0.1) is 0 Å². The first-order chi connectivity index (χ1) is 26.4. The third-order valence-corrected chi connectivity index (χ3v) is 31.2. The molecule has 10 atom stereocenters. The van der Waals surface area contributed by atoms with Gasteiger partial charge in [-0.3, -0.25) is 0 Å². The van der Waals surface area contributed by atoms with Gasteiger partial charge in [0.1, 0.15) is 0 Å². The number of hydrogen-bond donors (Lipinski definition) is 0. The smallest absolute Gasteiger partial charge is 1.00 e. The standard InChI is InChI=1S/C29H37.C17H23.C9H10.2ClH.Zr/c1-21-14-13-15-22-20-27(6)25(4)18-10-9-16-23(25,2)24(3)17-11-12-19-26(24,5)29(27,8)28(21,22)7;1-11-3-4-14(5-11)17(2)15-7-12-6-13(9-15)10-16(17)8-12;1-3-9-6-4-8(2)5-7-9;;;/h9-20,22H,1-8H3;4-5,11-13,15-16H,6-10H2,1-2H3;4-7H,1-2H3;2*1H;/q;;;;;+2/p-2. The molecule has 1 aromatic carbocycles. The van der Waals surface area contributed by atoms with Crippen molar-refractivity contribution in [3.8, 4) is 0 Å². The predicted octanol–water partition coefficient (Wildman–Crippen LogP) is 8.33. The summed E-state index contributed by atoms with van der Waals surface area (Å²) in [6.07, 6.45) is 41.4. The molecule has 10 unspecified atom stereocenters. The molecule has 0 spiro atoms. The number of hydrogen-bond acceptors (Lipinski definition) is 0. The Bertz CT molecular complexity index is 2180. The average Bonchev–Trinajstić information content (AvgIpc) is 3.63. The first kappa shape index (κ1) is 43.1. The number of rotatable bonds is 4. The van der Waals surface area contributed by atoms with E-state index in [2.05, 4.69) is 186 Å². The Kier molecular flexibility index (Phi) is 10.0. The number of benzene rings is 1. The van der Waals surface area contributed by atoms with E-state index in [-0.39, 0.29) is 62.7 Å². The molecular weight excluding hydrogens is 823 g/mol. The minimum atomic E-state index is -2.90. The van der Waals surface area contributed by atoms with Gasteiger partial charge in [0.15, 0.2) is 0 Å². The monoisotopic (exact) mass is 890 g/mol. The minimum absolute atomic E-state index is 0. The fraction of sp³-hybridized carbons (Fsp3) is 0.582. The molecule has 0 heterocycles. The molecule has 10 aliphatic rings. The van der Waals surface area contributed by atoms with Gasteiger partial charge in [0.05, 0.1) is 0 Å². The summed E-state index contributed by atoms with van der Waals surface area (Å²) >= 11 is -2.90. The van der Waals surface area contributed by atoms with E-state index in [1.54, 1.807) is 14.4 Å². The maximum atomic E-state index is 2.95. The van der Waals surface area contributed by atoms with Crippen LogP contribution in [0.5, 0.6) is 0 Å². The Morgan fingerprint density at radius 2 is 1.17 bits per heavy atom. The molecule has 0 aliphatic heterocycles. The molecule has 0 amide bonds. The van der Waals surface area contributed by atoms with Crippen LogP contribution in [0.1, 0.15) is 119 Å². The van der Waals surface area contributed by atoms with Crippen LogP contribution < -0.4 is 24.8 Å². The first-order valence-corrected chi connectivity index (χ1v) is 26.6. The molecule has 58 heavy (non-hydrogen) atoms. The van der Waals surface area contributed by atoms with Crippen LogP contribution in [0.2, 0.25) is 3.63 Å². The van der Waals surface area contributed by atoms with Crippen LogP contribution in [0.25, 0.3) is 0 Å². The first-order valence-electron chi connectivity index (χ1n) is 22.7. The molecule has 11 rings (SSSR count). The third-order valence-electron chi connectivity index (χ3n) is 21.7. The Hall–Kier alpha value is -1.53. The summed E-state index contributed by atoms with van der Waals surface area (Å²) in [4.78, 5) is 0. The molecule has 3 heteroatoms. The van der Waals surface area contributed by atoms with Gasteiger partial charge in [-0.05, 0) is 0 Å². The van der Waals surface area contributed by atoms with E-state index in [9.17, 15) is 0 Å². The summed E-state index contributed by atoms with van der Waals surface area (Å²) in [5.41, 5.74) is 6.13. The second-order valence-corrected chi connectivity index (χ2v) is 29.3. The second kappa shape index (κ2) is 13.5. The van der Waals surface area contributed by atoms with Crippen molar-refractivity contribution in [1.82, 2.24) is 0 Å². The molecular formula is C55H70Cl2Zr. The van der Waals surface area contributed by atoms with E-state index in [0.717, 1.165) is 23.7 Å². The summed E-state index contributed by atoms with van der Waals surface area (Å²) in [5, 5.41) is 0. The summed E-state index contributed by atoms with van der Waals surface area (Å²) in [5.74, 6) is 4.69. The van der Waals surface area contributed by atoms with Crippen molar-refractivity contribution in [1.29, 1.82) is 0 Å². The average molecular weight is 893 g/mol. The van der Waals surface area contributed by atoms with Gasteiger partial charge in [-0.1, -0.05) is 0 Å². The number of halogens is 2. The molecule has 0 N–H and O–H groups in total. The maximum Gasteiger partial charge on any atom is -1.00 e. The van der Waals surface area contributed by atoms with Crippen LogP contribution >= 0.6 is 0 Å². The van der Waals surface area contributed by atoms with Crippen molar-refractivity contribution >= 4 is 3.21 Å². The quantitative estimate of drug-likeness (QED) is 0.286. The fourth-order valence-electron chi connectivity index (χ4n) is 17.8. The Balaban J connectivity index is 0.00000235. The van der Waals surface area contributed by atoms with E-state index in [1.165, 1.54) is 43.2 Å². The van der Waals surface area contributed by atoms with Crippen molar-refractivity contribution in [3.05, 3.63) is 129 Å². The van der Waals surface area contributed by atoms with Gasteiger partial charge in [0, 0.05) is 0 Å². The Morgan fingerprint density at radius 3 is 1.74 bits per heavy atom.